The van der Waals surface area contributed by atoms with E-state index in [4.69, 9.17) is 33.7 Å². The zero-order valence-electron chi connectivity index (χ0n) is 23.8. The zero-order valence-corrected chi connectivity index (χ0v) is 26.2. The van der Waals surface area contributed by atoms with Gasteiger partial charge in [0.05, 0.1) is 24.0 Å². The monoisotopic (exact) mass is 648 g/mol. The molecule has 0 fully saturated rings. The number of anilines is 1. The third kappa shape index (κ3) is 7.44. The Hall–Kier alpha value is -3.31. The number of thioether (sulfide) groups is 1. The average Bonchev–Trinajstić information content (AvgIpc) is 3.40. The molecule has 0 saturated heterocycles. The van der Waals surface area contributed by atoms with Gasteiger partial charge < -0.3 is 20.9 Å². The summed E-state index contributed by atoms with van der Waals surface area (Å²) in [5, 5.41) is 13.5. The van der Waals surface area contributed by atoms with Crippen molar-refractivity contribution in [1.82, 2.24) is 9.55 Å². The lowest BCUT2D eigenvalue weighted by Gasteiger charge is -2.28. The van der Waals surface area contributed by atoms with Crippen molar-refractivity contribution < 1.29 is 23.4 Å². The minimum Gasteiger partial charge on any atom is -0.495 e. The molecule has 0 radical (unpaired) electrons. The molecule has 0 aliphatic carbocycles. The van der Waals surface area contributed by atoms with Crippen molar-refractivity contribution >= 4 is 46.6 Å². The second-order valence-corrected chi connectivity index (χ2v) is 12.1. The molecule has 12 heteroatoms. The number of carboxylic acid groups (broad SMARTS) is 1. The smallest absolute Gasteiger partial charge is 0.326 e. The Morgan fingerprint density at radius 1 is 1.14 bits per heavy atom. The van der Waals surface area contributed by atoms with Crippen molar-refractivity contribution in [3.05, 3.63) is 99.3 Å². The van der Waals surface area contributed by atoms with E-state index in [1.807, 2.05) is 30.5 Å². The Bertz CT molecular complexity index is 1580. The highest BCUT2D eigenvalue weighted by molar-refractivity contribution is 7.98. The molecule has 1 heterocycles. The van der Waals surface area contributed by atoms with Crippen molar-refractivity contribution in [1.29, 1.82) is 0 Å². The molecule has 43 heavy (non-hydrogen) atoms. The van der Waals surface area contributed by atoms with E-state index in [0.717, 1.165) is 11.3 Å². The number of benzene rings is 3. The third-order valence-corrected chi connectivity index (χ3v) is 8.78. The van der Waals surface area contributed by atoms with Crippen LogP contribution in [0.3, 0.4) is 0 Å². The Balaban J connectivity index is 1.67. The molecular weight excluding hydrogens is 617 g/mol. The van der Waals surface area contributed by atoms with Gasteiger partial charge >= 0.3 is 5.97 Å². The number of hydrogen-bond donors (Lipinski definition) is 3. The van der Waals surface area contributed by atoms with Gasteiger partial charge in [0.15, 0.2) is 5.16 Å². The number of nitrogens with zero attached hydrogens (tertiary/aromatic N) is 2. The highest BCUT2D eigenvalue weighted by atomic mass is 35.5. The van der Waals surface area contributed by atoms with E-state index < -0.39 is 23.2 Å². The van der Waals surface area contributed by atoms with Gasteiger partial charge in [-0.05, 0) is 73.5 Å². The number of hydrogen-bond acceptors (Lipinski definition) is 6. The summed E-state index contributed by atoms with van der Waals surface area (Å²) >= 11 is 14.0. The van der Waals surface area contributed by atoms with Gasteiger partial charge in [0.1, 0.15) is 23.4 Å². The first-order chi connectivity index (χ1) is 20.5. The third-order valence-electron chi connectivity index (χ3n) is 7.15. The molecule has 0 aliphatic heterocycles. The number of imidazole rings is 1. The molecule has 1 atom stereocenters. The largest absolute Gasteiger partial charge is 0.495 e. The maximum atomic E-state index is 15.3. The van der Waals surface area contributed by atoms with Gasteiger partial charge in [-0.15, -0.1) is 0 Å². The first-order valence-corrected chi connectivity index (χ1v) is 15.2. The summed E-state index contributed by atoms with van der Waals surface area (Å²) in [5.41, 5.74) is 7.80. The summed E-state index contributed by atoms with van der Waals surface area (Å²) in [5.74, 6) is -1.36. The van der Waals surface area contributed by atoms with Crippen LogP contribution in [-0.4, -0.2) is 40.3 Å². The fourth-order valence-electron chi connectivity index (χ4n) is 4.66. The van der Waals surface area contributed by atoms with Crippen molar-refractivity contribution in [2.24, 2.45) is 5.73 Å². The van der Waals surface area contributed by atoms with Gasteiger partial charge in [0.25, 0.3) is 0 Å². The van der Waals surface area contributed by atoms with E-state index in [9.17, 15) is 14.3 Å². The van der Waals surface area contributed by atoms with E-state index in [1.54, 1.807) is 31.5 Å². The number of carbonyl (C=O) groups is 1. The van der Waals surface area contributed by atoms with Crippen LogP contribution in [-0.2, 0) is 16.0 Å². The zero-order chi connectivity index (χ0) is 31.3. The van der Waals surface area contributed by atoms with Crippen LogP contribution in [0.25, 0.3) is 5.69 Å². The minimum absolute atomic E-state index is 0.132. The number of aliphatic carboxylic acids is 1. The van der Waals surface area contributed by atoms with E-state index in [-0.39, 0.29) is 34.3 Å². The topological polar surface area (TPSA) is 102 Å². The molecule has 0 unspecified atom stereocenters. The van der Waals surface area contributed by atoms with Crippen molar-refractivity contribution in [2.75, 3.05) is 19.0 Å². The number of ether oxygens (including phenoxy) is 1. The molecule has 4 N–H and O–H groups in total. The lowest BCUT2D eigenvalue weighted by Crippen LogP contribution is -2.30. The fourth-order valence-corrected chi connectivity index (χ4v) is 6.23. The minimum atomic E-state index is -1.06. The normalized spacial score (nSPS) is 12.3. The Labute approximate surface area is 263 Å². The summed E-state index contributed by atoms with van der Waals surface area (Å²) in [6.07, 6.45) is 2.53. The summed E-state index contributed by atoms with van der Waals surface area (Å²) in [4.78, 5) is 16.3. The maximum absolute atomic E-state index is 15.3. The maximum Gasteiger partial charge on any atom is 0.326 e. The molecule has 0 amide bonds. The SMILES string of the molecule is COc1cc(C(C)(C)c2cnc(SCc3c(F)cc(N[C@@H](CCCN)C(=O)O)cc3Cl)n2-c2ccc(F)cc2)ccc1Cl. The van der Waals surface area contributed by atoms with Gasteiger partial charge in [-0.1, -0.05) is 54.9 Å². The Kier molecular flexibility index (Phi) is 10.6. The number of nitrogens with one attached hydrogen (secondary N) is 1. The predicted molar refractivity (Wildman–Crippen MR) is 168 cm³/mol. The van der Waals surface area contributed by atoms with Crippen molar-refractivity contribution in [2.45, 2.75) is 49.1 Å². The number of rotatable bonds is 13. The molecule has 0 bridgehead atoms. The van der Waals surface area contributed by atoms with Crippen LogP contribution < -0.4 is 15.8 Å². The molecule has 4 rings (SSSR count). The summed E-state index contributed by atoms with van der Waals surface area (Å²) in [7, 11) is 1.55. The quantitative estimate of drug-likeness (QED) is 0.128. The molecule has 4 aromatic rings. The summed E-state index contributed by atoms with van der Waals surface area (Å²) in [6, 6.07) is 13.4. The first-order valence-electron chi connectivity index (χ1n) is 13.4. The highest BCUT2D eigenvalue weighted by Gasteiger charge is 2.30. The summed E-state index contributed by atoms with van der Waals surface area (Å²) < 4.78 is 36.5. The van der Waals surface area contributed by atoms with Gasteiger partial charge in [-0.3, -0.25) is 4.57 Å². The molecule has 0 spiro atoms. The summed E-state index contributed by atoms with van der Waals surface area (Å²) in [6.45, 7) is 4.40. The van der Waals surface area contributed by atoms with Crippen molar-refractivity contribution in [3.63, 3.8) is 0 Å². The van der Waals surface area contributed by atoms with E-state index in [2.05, 4.69) is 10.3 Å². The lowest BCUT2D eigenvalue weighted by molar-refractivity contribution is -0.138. The van der Waals surface area contributed by atoms with Gasteiger partial charge in [0, 0.05) is 33.1 Å². The van der Waals surface area contributed by atoms with Crippen LogP contribution in [0.2, 0.25) is 10.0 Å². The molecule has 228 valence electrons. The van der Waals surface area contributed by atoms with E-state index in [0.29, 0.717) is 34.6 Å². The second kappa shape index (κ2) is 14.0. The second-order valence-electron chi connectivity index (χ2n) is 10.4. The molecule has 3 aromatic carbocycles. The van der Waals surface area contributed by atoms with Crippen LogP contribution in [0.5, 0.6) is 5.75 Å². The van der Waals surface area contributed by atoms with Crippen molar-refractivity contribution in [3.8, 4) is 11.4 Å². The van der Waals surface area contributed by atoms with Crippen LogP contribution in [0.4, 0.5) is 14.5 Å². The standard InChI is InChI=1S/C31H32Cl2F2N4O3S/c1-31(2,18-6-11-23(32)27(13-18)42-3)28-16-37-30(39(28)21-9-7-19(34)8-10-21)43-17-22-24(33)14-20(15-25(22)35)38-26(29(40)41)5-4-12-36/h6-11,13-16,26,38H,4-5,12,17,36H2,1-3H3,(H,40,41)/t26-/m0/s1. The number of nitrogens with two attached hydrogens (primary N) is 1. The number of carboxylic acids is 1. The van der Waals surface area contributed by atoms with E-state index in [1.165, 1.54) is 36.0 Å². The van der Waals surface area contributed by atoms with Gasteiger partial charge in [0.2, 0.25) is 0 Å². The predicted octanol–water partition coefficient (Wildman–Crippen LogP) is 7.69. The highest BCUT2D eigenvalue weighted by Crippen LogP contribution is 2.40. The number of halogens is 4. The lowest BCUT2D eigenvalue weighted by atomic mass is 9.81. The van der Waals surface area contributed by atoms with Crippen LogP contribution >= 0.6 is 35.0 Å². The fraction of sp³-hybridized carbons (Fsp3) is 0.290. The van der Waals surface area contributed by atoms with Crippen LogP contribution in [0.1, 0.15) is 43.5 Å². The molecular formula is C31H32Cl2F2N4O3S. The molecule has 7 nitrogen and oxygen atoms in total. The first kappa shape index (κ1) is 32.6. The average molecular weight is 650 g/mol. The number of aromatic nitrogens is 2. The van der Waals surface area contributed by atoms with Gasteiger partial charge in [-0.2, -0.15) is 0 Å². The van der Waals surface area contributed by atoms with E-state index >= 15 is 4.39 Å². The molecule has 0 aliphatic rings. The molecule has 1 aromatic heterocycles. The molecule has 0 saturated carbocycles. The Morgan fingerprint density at radius 3 is 2.49 bits per heavy atom. The number of methoxy groups -OCH3 is 1. The van der Waals surface area contributed by atoms with Crippen LogP contribution in [0.15, 0.2) is 66.0 Å². The van der Waals surface area contributed by atoms with Crippen LogP contribution in [0, 0.1) is 11.6 Å². The Morgan fingerprint density at radius 2 is 1.86 bits per heavy atom. The van der Waals surface area contributed by atoms with Gasteiger partial charge in [-0.25, -0.2) is 18.6 Å².